The van der Waals surface area contributed by atoms with Gasteiger partial charge in [0.2, 0.25) is 0 Å². The lowest BCUT2D eigenvalue weighted by atomic mass is 9.93. The van der Waals surface area contributed by atoms with E-state index in [2.05, 4.69) is 6.92 Å². The fourth-order valence-corrected chi connectivity index (χ4v) is 1.53. The van der Waals surface area contributed by atoms with Crippen LogP contribution in [0.5, 0.6) is 0 Å². The molecule has 128 valence electrons. The number of carboxylic acids is 1. The number of unbranched alkanes of at least 4 members (excludes halogenated alkanes) is 6. The van der Waals surface area contributed by atoms with Crippen LogP contribution in [0.3, 0.4) is 0 Å². The van der Waals surface area contributed by atoms with Crippen molar-refractivity contribution >= 4 is 5.97 Å². The second kappa shape index (κ2) is 15.7. The zero-order valence-corrected chi connectivity index (χ0v) is 13.1. The molecular formula is C15H32O6. The highest BCUT2D eigenvalue weighted by atomic mass is 16.4. The normalized spacial score (nSPS) is 10.9. The van der Waals surface area contributed by atoms with Crippen molar-refractivity contribution in [2.45, 2.75) is 58.3 Å². The van der Waals surface area contributed by atoms with E-state index in [1.807, 2.05) is 0 Å². The predicted molar refractivity (Wildman–Crippen MR) is 81.0 cm³/mol. The number of carbonyl (C=O) groups is 1. The van der Waals surface area contributed by atoms with Gasteiger partial charge in [-0.1, -0.05) is 45.4 Å². The first-order valence-electron chi connectivity index (χ1n) is 7.67. The molecule has 6 nitrogen and oxygen atoms in total. The molecule has 0 radical (unpaired) electrons. The van der Waals surface area contributed by atoms with Crippen LogP contribution in [0.1, 0.15) is 58.3 Å². The van der Waals surface area contributed by atoms with E-state index in [0.717, 1.165) is 12.8 Å². The van der Waals surface area contributed by atoms with Gasteiger partial charge in [0.15, 0.2) is 0 Å². The Kier molecular flexibility index (Phi) is 16.9. The standard InChI is InChI=1S/C10H20O2.C5H12O4/c1-2-3-4-5-6-7-8-9-10(11)12;6-1-5(2-7,3-8)4-9/h2-9H2,1H3,(H,11,12);6-9H,1-4H2. The summed E-state index contributed by atoms with van der Waals surface area (Å²) in [5.41, 5.74) is -1.11. The Hall–Kier alpha value is -0.690. The summed E-state index contributed by atoms with van der Waals surface area (Å²) in [6, 6.07) is 0. The van der Waals surface area contributed by atoms with E-state index in [4.69, 9.17) is 25.5 Å². The second-order valence-electron chi connectivity index (χ2n) is 5.40. The van der Waals surface area contributed by atoms with Gasteiger partial charge < -0.3 is 25.5 Å². The lowest BCUT2D eigenvalue weighted by Gasteiger charge is -2.23. The molecule has 21 heavy (non-hydrogen) atoms. The zero-order chi connectivity index (χ0) is 16.6. The number of hydrogen-bond acceptors (Lipinski definition) is 5. The van der Waals surface area contributed by atoms with E-state index < -0.39 is 37.8 Å². The van der Waals surface area contributed by atoms with Crippen LogP contribution in [0.2, 0.25) is 0 Å². The predicted octanol–water partition coefficient (Wildman–Crippen LogP) is 1.15. The van der Waals surface area contributed by atoms with Gasteiger partial charge in [0.25, 0.3) is 0 Å². The summed E-state index contributed by atoms with van der Waals surface area (Å²) in [5.74, 6) is -0.663. The molecule has 0 aliphatic heterocycles. The summed E-state index contributed by atoms with van der Waals surface area (Å²) in [6.45, 7) is 0.574. The van der Waals surface area contributed by atoms with Crippen LogP contribution in [0.4, 0.5) is 0 Å². The van der Waals surface area contributed by atoms with Crippen molar-refractivity contribution in [1.82, 2.24) is 0 Å². The minimum Gasteiger partial charge on any atom is -0.481 e. The summed E-state index contributed by atoms with van der Waals surface area (Å²) in [5, 5.41) is 42.3. The summed E-state index contributed by atoms with van der Waals surface area (Å²) >= 11 is 0. The Morgan fingerprint density at radius 3 is 1.43 bits per heavy atom. The number of rotatable bonds is 12. The number of aliphatic carboxylic acids is 1. The van der Waals surface area contributed by atoms with Crippen molar-refractivity contribution in [3.63, 3.8) is 0 Å². The molecule has 0 aromatic rings. The summed E-state index contributed by atoms with van der Waals surface area (Å²) in [6.07, 6.45) is 8.64. The topological polar surface area (TPSA) is 118 Å². The molecule has 0 aliphatic rings. The highest BCUT2D eigenvalue weighted by Crippen LogP contribution is 2.11. The first-order chi connectivity index (χ1) is 10.0. The van der Waals surface area contributed by atoms with Crippen LogP contribution >= 0.6 is 0 Å². The van der Waals surface area contributed by atoms with E-state index in [1.54, 1.807) is 0 Å². The molecular weight excluding hydrogens is 276 g/mol. The van der Waals surface area contributed by atoms with Crippen LogP contribution in [0.15, 0.2) is 0 Å². The van der Waals surface area contributed by atoms with E-state index in [0.29, 0.717) is 6.42 Å². The molecule has 0 heterocycles. The Balaban J connectivity index is 0. The van der Waals surface area contributed by atoms with Crippen molar-refractivity contribution in [1.29, 1.82) is 0 Å². The number of hydrogen-bond donors (Lipinski definition) is 5. The van der Waals surface area contributed by atoms with Gasteiger partial charge in [-0.25, -0.2) is 0 Å². The van der Waals surface area contributed by atoms with Gasteiger partial charge in [-0.05, 0) is 6.42 Å². The van der Waals surface area contributed by atoms with Crippen molar-refractivity contribution in [2.24, 2.45) is 5.41 Å². The molecule has 6 heteroatoms. The molecule has 0 spiro atoms. The zero-order valence-electron chi connectivity index (χ0n) is 13.1. The highest BCUT2D eigenvalue weighted by molar-refractivity contribution is 5.66. The van der Waals surface area contributed by atoms with Crippen LogP contribution in [0, 0.1) is 5.41 Å². The molecule has 0 atom stereocenters. The van der Waals surface area contributed by atoms with Crippen molar-refractivity contribution < 1.29 is 30.3 Å². The molecule has 0 saturated carbocycles. The molecule has 0 saturated heterocycles. The van der Waals surface area contributed by atoms with Gasteiger partial charge in [0.05, 0.1) is 31.8 Å². The molecule has 0 unspecified atom stereocenters. The van der Waals surface area contributed by atoms with Crippen LogP contribution in [-0.2, 0) is 4.79 Å². The number of aliphatic hydroxyl groups is 4. The molecule has 0 rings (SSSR count). The molecule has 0 aromatic carbocycles. The number of aliphatic hydroxyl groups excluding tert-OH is 4. The lowest BCUT2D eigenvalue weighted by molar-refractivity contribution is -0.137. The third kappa shape index (κ3) is 14.0. The molecule has 0 amide bonds. The monoisotopic (exact) mass is 308 g/mol. The van der Waals surface area contributed by atoms with Gasteiger partial charge in [-0.2, -0.15) is 0 Å². The van der Waals surface area contributed by atoms with E-state index in [9.17, 15) is 4.79 Å². The Bertz CT molecular complexity index is 211. The lowest BCUT2D eigenvalue weighted by Crippen LogP contribution is -2.37. The highest BCUT2D eigenvalue weighted by Gasteiger charge is 2.26. The van der Waals surface area contributed by atoms with Crippen molar-refractivity contribution in [2.75, 3.05) is 26.4 Å². The molecule has 5 N–H and O–H groups in total. The fraction of sp³-hybridized carbons (Fsp3) is 0.933. The van der Waals surface area contributed by atoms with E-state index >= 15 is 0 Å². The molecule has 0 aliphatic carbocycles. The summed E-state index contributed by atoms with van der Waals surface area (Å²) < 4.78 is 0. The summed E-state index contributed by atoms with van der Waals surface area (Å²) in [4.78, 5) is 10.1. The maximum absolute atomic E-state index is 10.1. The average Bonchev–Trinajstić information content (AvgIpc) is 2.50. The maximum atomic E-state index is 10.1. The van der Waals surface area contributed by atoms with E-state index in [-0.39, 0.29) is 0 Å². The van der Waals surface area contributed by atoms with Crippen molar-refractivity contribution in [3.8, 4) is 0 Å². The van der Waals surface area contributed by atoms with Gasteiger partial charge in [0, 0.05) is 6.42 Å². The minimum absolute atomic E-state index is 0.341. The second-order valence-corrected chi connectivity index (χ2v) is 5.40. The average molecular weight is 308 g/mol. The SMILES string of the molecule is CCCCCCCCCC(=O)O.OCC(CO)(CO)CO. The summed E-state index contributed by atoms with van der Waals surface area (Å²) in [7, 11) is 0. The van der Waals surface area contributed by atoms with Crippen molar-refractivity contribution in [3.05, 3.63) is 0 Å². The first kappa shape index (κ1) is 22.6. The Morgan fingerprint density at radius 1 is 0.762 bits per heavy atom. The van der Waals surface area contributed by atoms with Crippen LogP contribution in [-0.4, -0.2) is 57.9 Å². The van der Waals surface area contributed by atoms with Gasteiger partial charge in [-0.15, -0.1) is 0 Å². The van der Waals surface area contributed by atoms with Crippen LogP contribution < -0.4 is 0 Å². The first-order valence-corrected chi connectivity index (χ1v) is 7.67. The largest absolute Gasteiger partial charge is 0.481 e. The van der Waals surface area contributed by atoms with Gasteiger partial charge in [-0.3, -0.25) is 4.79 Å². The quantitative estimate of drug-likeness (QED) is 0.345. The van der Waals surface area contributed by atoms with Crippen LogP contribution in [0.25, 0.3) is 0 Å². The third-order valence-electron chi connectivity index (χ3n) is 3.34. The molecule has 0 bridgehead atoms. The van der Waals surface area contributed by atoms with Gasteiger partial charge >= 0.3 is 5.97 Å². The Labute approximate surface area is 127 Å². The smallest absolute Gasteiger partial charge is 0.303 e. The van der Waals surface area contributed by atoms with Gasteiger partial charge in [0.1, 0.15) is 0 Å². The maximum Gasteiger partial charge on any atom is 0.303 e. The molecule has 0 fully saturated rings. The van der Waals surface area contributed by atoms with E-state index in [1.165, 1.54) is 32.1 Å². The fourth-order valence-electron chi connectivity index (χ4n) is 1.53. The minimum atomic E-state index is -1.11. The number of carboxylic acid groups (broad SMARTS) is 1. The Morgan fingerprint density at radius 2 is 1.14 bits per heavy atom. The third-order valence-corrected chi connectivity index (χ3v) is 3.34. The molecule has 0 aromatic heterocycles.